The lowest BCUT2D eigenvalue weighted by Crippen LogP contribution is -2.38. The molecule has 0 spiro atoms. The van der Waals surface area contributed by atoms with E-state index >= 15 is 0 Å². The number of fused-ring (bicyclic) bond motifs is 1. The van der Waals surface area contributed by atoms with Crippen LogP contribution in [0.1, 0.15) is 12.2 Å². The van der Waals surface area contributed by atoms with Crippen molar-refractivity contribution in [3.8, 4) is 17.7 Å². The van der Waals surface area contributed by atoms with Crippen LogP contribution in [0, 0.1) is 0 Å². The van der Waals surface area contributed by atoms with Gasteiger partial charge in [-0.3, -0.25) is 9.47 Å². The molecule has 2 aliphatic heterocycles. The Bertz CT molecular complexity index is 1490. The molecule has 3 aromatic heterocycles. The first-order chi connectivity index (χ1) is 20.6. The van der Waals surface area contributed by atoms with E-state index in [2.05, 4.69) is 40.1 Å². The van der Waals surface area contributed by atoms with Crippen LogP contribution >= 0.6 is 0 Å². The monoisotopic (exact) mass is 584 g/mol. The molecule has 2 saturated heterocycles. The largest absolute Gasteiger partial charge is 0.494 e. The highest BCUT2D eigenvalue weighted by Crippen LogP contribution is 2.32. The highest BCUT2D eigenvalue weighted by atomic mass is 19.3. The predicted octanol–water partition coefficient (Wildman–Crippen LogP) is 2.24. The van der Waals surface area contributed by atoms with Crippen LogP contribution in [-0.4, -0.2) is 112 Å². The van der Waals surface area contributed by atoms with Crippen LogP contribution in [0.5, 0.6) is 11.8 Å². The zero-order chi connectivity index (χ0) is 28.9. The van der Waals surface area contributed by atoms with Gasteiger partial charge in [0.15, 0.2) is 5.82 Å². The highest BCUT2D eigenvalue weighted by molar-refractivity contribution is 5.84. The molecule has 14 nitrogen and oxygen atoms in total. The van der Waals surface area contributed by atoms with Crippen LogP contribution in [0.15, 0.2) is 30.6 Å². The van der Waals surface area contributed by atoms with Crippen LogP contribution in [0.3, 0.4) is 0 Å². The number of anilines is 3. The van der Waals surface area contributed by atoms with Gasteiger partial charge in [-0.15, -0.1) is 0 Å². The minimum absolute atomic E-state index is 0.0240. The Morgan fingerprint density at radius 3 is 2.36 bits per heavy atom. The van der Waals surface area contributed by atoms with Gasteiger partial charge in [0.1, 0.15) is 17.9 Å². The van der Waals surface area contributed by atoms with Gasteiger partial charge in [0.25, 0.3) is 6.43 Å². The Morgan fingerprint density at radius 1 is 0.929 bits per heavy atom. The van der Waals surface area contributed by atoms with E-state index in [9.17, 15) is 8.78 Å². The summed E-state index contributed by atoms with van der Waals surface area (Å²) in [6.07, 6.45) is 0.180. The Kier molecular flexibility index (Phi) is 8.43. The van der Waals surface area contributed by atoms with Crippen molar-refractivity contribution in [3.63, 3.8) is 0 Å². The van der Waals surface area contributed by atoms with Crippen molar-refractivity contribution in [1.82, 2.24) is 39.4 Å². The van der Waals surface area contributed by atoms with Crippen molar-refractivity contribution in [1.29, 1.82) is 0 Å². The number of alkyl halides is 2. The zero-order valence-electron chi connectivity index (χ0n) is 22.9. The molecule has 2 fully saturated rings. The summed E-state index contributed by atoms with van der Waals surface area (Å²) in [7, 11) is 1.46. The third-order valence-corrected chi connectivity index (χ3v) is 6.82. The number of aromatic nitrogens is 7. The molecule has 4 aromatic rings. The normalized spacial score (nSPS) is 16.2. The summed E-state index contributed by atoms with van der Waals surface area (Å²) in [4.78, 5) is 30.5. The maximum Gasteiger partial charge on any atom is 0.316 e. The molecule has 0 saturated carbocycles. The second-order valence-corrected chi connectivity index (χ2v) is 9.47. The molecular weight excluding hydrogens is 554 g/mol. The van der Waals surface area contributed by atoms with Crippen LogP contribution in [0.25, 0.3) is 17.0 Å². The smallest absolute Gasteiger partial charge is 0.316 e. The topological polar surface area (TPSA) is 138 Å². The Balaban J connectivity index is 1.28. The second kappa shape index (κ2) is 12.7. The van der Waals surface area contributed by atoms with E-state index in [1.165, 1.54) is 24.1 Å². The zero-order valence-corrected chi connectivity index (χ0v) is 22.9. The van der Waals surface area contributed by atoms with E-state index in [1.807, 2.05) is 4.90 Å². The van der Waals surface area contributed by atoms with E-state index in [4.69, 9.17) is 18.9 Å². The third-order valence-electron chi connectivity index (χ3n) is 6.82. The maximum absolute atomic E-state index is 14.2. The number of halogens is 2. The highest BCUT2D eigenvalue weighted by Gasteiger charge is 2.26. The number of imidazole rings is 1. The van der Waals surface area contributed by atoms with Crippen LogP contribution < -0.4 is 19.7 Å². The minimum Gasteiger partial charge on any atom is -0.494 e. The molecule has 0 amide bonds. The third kappa shape index (κ3) is 6.14. The second-order valence-electron chi connectivity index (χ2n) is 9.47. The fraction of sp³-hybridized carbons (Fsp3) is 0.462. The average molecular weight is 585 g/mol. The predicted molar refractivity (Wildman–Crippen MR) is 147 cm³/mol. The summed E-state index contributed by atoms with van der Waals surface area (Å²) in [6.45, 7) is 6.41. The van der Waals surface area contributed by atoms with Crippen molar-refractivity contribution < 1.29 is 27.7 Å². The number of methoxy groups -OCH3 is 1. The van der Waals surface area contributed by atoms with Gasteiger partial charge in [0, 0.05) is 32.7 Å². The molecule has 0 radical (unpaired) electrons. The van der Waals surface area contributed by atoms with E-state index in [0.717, 1.165) is 32.8 Å². The van der Waals surface area contributed by atoms with Gasteiger partial charge >= 0.3 is 6.01 Å². The number of rotatable bonds is 10. The van der Waals surface area contributed by atoms with Crippen molar-refractivity contribution in [2.75, 3.05) is 83.1 Å². The molecule has 16 heteroatoms. The fourth-order valence-corrected chi connectivity index (χ4v) is 4.70. The molecule has 42 heavy (non-hydrogen) atoms. The van der Waals surface area contributed by atoms with E-state index in [-0.39, 0.29) is 23.4 Å². The van der Waals surface area contributed by atoms with Gasteiger partial charge in [-0.1, -0.05) is 6.07 Å². The van der Waals surface area contributed by atoms with E-state index in [1.54, 1.807) is 18.2 Å². The van der Waals surface area contributed by atoms with Crippen molar-refractivity contribution >= 4 is 28.6 Å². The van der Waals surface area contributed by atoms with Gasteiger partial charge in [-0.2, -0.15) is 15.0 Å². The molecule has 1 aromatic carbocycles. The van der Waals surface area contributed by atoms with Crippen molar-refractivity contribution in [3.05, 3.63) is 36.4 Å². The minimum atomic E-state index is -2.90. The van der Waals surface area contributed by atoms with Gasteiger partial charge < -0.3 is 29.2 Å². The molecule has 6 rings (SSSR count). The number of ether oxygens (including phenoxy) is 4. The van der Waals surface area contributed by atoms with Gasteiger partial charge in [-0.05, 0) is 12.1 Å². The van der Waals surface area contributed by atoms with Gasteiger partial charge in [0.2, 0.25) is 17.8 Å². The summed E-state index contributed by atoms with van der Waals surface area (Å²) >= 11 is 0. The number of hydrogen-bond donors (Lipinski definition) is 1. The molecule has 0 bridgehead atoms. The SMILES string of the molecule is COc1cccc2c1nc(C(F)F)n2-c1nc(Nc2cnc(OCCN3CCOCC3)nc2)nc(N2CCOCC2)n1. The first-order valence-corrected chi connectivity index (χ1v) is 13.5. The Hall–Kier alpha value is -4.28. The number of morpholine rings is 2. The fourth-order valence-electron chi connectivity index (χ4n) is 4.70. The molecule has 0 aliphatic carbocycles. The van der Waals surface area contributed by atoms with Gasteiger partial charge in [0.05, 0.1) is 57.1 Å². The summed E-state index contributed by atoms with van der Waals surface area (Å²) < 4.78 is 51.6. The number of para-hydroxylation sites is 1. The summed E-state index contributed by atoms with van der Waals surface area (Å²) in [5.41, 5.74) is 1.12. The van der Waals surface area contributed by atoms with Gasteiger partial charge in [-0.25, -0.2) is 23.7 Å². The van der Waals surface area contributed by atoms with Crippen LogP contribution in [0.4, 0.5) is 26.4 Å². The first-order valence-electron chi connectivity index (χ1n) is 13.5. The van der Waals surface area contributed by atoms with Crippen molar-refractivity contribution in [2.24, 2.45) is 0 Å². The summed E-state index contributed by atoms with van der Waals surface area (Å²) in [5, 5.41) is 3.07. The lowest BCUT2D eigenvalue weighted by molar-refractivity contribution is 0.0317. The van der Waals surface area contributed by atoms with Crippen molar-refractivity contribution in [2.45, 2.75) is 6.43 Å². The van der Waals surface area contributed by atoms with Crippen LogP contribution in [0.2, 0.25) is 0 Å². The molecule has 222 valence electrons. The quantitative estimate of drug-likeness (QED) is 0.292. The summed E-state index contributed by atoms with van der Waals surface area (Å²) in [5.74, 6) is 0.250. The molecule has 2 aliphatic rings. The number of hydrogen-bond acceptors (Lipinski definition) is 13. The maximum atomic E-state index is 14.2. The first kappa shape index (κ1) is 27.9. The Morgan fingerprint density at radius 2 is 1.64 bits per heavy atom. The summed E-state index contributed by atoms with van der Waals surface area (Å²) in [6, 6.07) is 5.25. The molecule has 0 atom stereocenters. The number of nitrogens with one attached hydrogen (secondary N) is 1. The molecule has 5 heterocycles. The van der Waals surface area contributed by atoms with Crippen LogP contribution in [-0.2, 0) is 9.47 Å². The Labute approximate surface area is 239 Å². The lowest BCUT2D eigenvalue weighted by Gasteiger charge is -2.27. The number of nitrogens with zero attached hydrogens (tertiary/aromatic N) is 9. The van der Waals surface area contributed by atoms with E-state index in [0.29, 0.717) is 55.8 Å². The number of benzene rings is 1. The van der Waals surface area contributed by atoms with E-state index < -0.39 is 12.2 Å². The molecule has 0 unspecified atom stereocenters. The molecule has 1 N–H and O–H groups in total. The lowest BCUT2D eigenvalue weighted by atomic mass is 10.3. The standard InChI is InChI=1S/C26H30F2N10O4/c1-39-19-4-2-3-18-20(19)32-22(21(27)28)38(18)25-34-23(33-24(35-25)37-8-12-41-13-9-37)31-17-15-29-26(30-16-17)42-14-7-36-5-10-40-11-6-36/h2-4,15-16,21H,5-14H2,1H3,(H,31,33,34,35). The average Bonchev–Trinajstić information content (AvgIpc) is 3.43. The molecular formula is C26H30F2N10O4.